The van der Waals surface area contributed by atoms with Crippen molar-refractivity contribution in [1.82, 2.24) is 9.55 Å². The van der Waals surface area contributed by atoms with Crippen LogP contribution in [-0.2, 0) is 21.4 Å². The van der Waals surface area contributed by atoms with Crippen LogP contribution in [0, 0.1) is 6.92 Å². The number of methoxy groups -OCH3 is 2. The molecule has 3 aromatic rings. The van der Waals surface area contributed by atoms with Gasteiger partial charge in [-0.1, -0.05) is 18.2 Å². The standard InChI is InChI=1S/C20H23N3O5S/c1-14-13-22(16-8-6-5-7-15(14)16)12-11-19(24)23(29(4,25)26)17-9-10-18(27-2)21-20(17)28-3/h5-10,13H,11-12H2,1-4H3. The molecule has 0 radical (unpaired) electrons. The molecule has 3 rings (SSSR count). The fraction of sp³-hybridized carbons (Fsp3) is 0.300. The third kappa shape index (κ3) is 4.19. The molecule has 2 heterocycles. The van der Waals surface area contributed by atoms with Gasteiger partial charge in [0.05, 0.1) is 20.5 Å². The third-order valence-electron chi connectivity index (χ3n) is 4.55. The summed E-state index contributed by atoms with van der Waals surface area (Å²) in [6, 6.07) is 10.8. The van der Waals surface area contributed by atoms with Crippen molar-refractivity contribution in [2.24, 2.45) is 0 Å². The van der Waals surface area contributed by atoms with E-state index in [-0.39, 0.29) is 23.9 Å². The van der Waals surface area contributed by atoms with Gasteiger partial charge in [-0.15, -0.1) is 0 Å². The fourth-order valence-corrected chi connectivity index (χ4v) is 4.22. The largest absolute Gasteiger partial charge is 0.481 e. The summed E-state index contributed by atoms with van der Waals surface area (Å²) in [5, 5.41) is 1.10. The van der Waals surface area contributed by atoms with Gasteiger partial charge in [0.25, 0.3) is 0 Å². The number of hydrogen-bond donors (Lipinski definition) is 0. The number of amides is 1. The molecule has 8 nitrogen and oxygen atoms in total. The van der Waals surface area contributed by atoms with Crippen LogP contribution in [0.5, 0.6) is 11.8 Å². The van der Waals surface area contributed by atoms with Crippen molar-refractivity contribution in [3.05, 3.63) is 48.2 Å². The van der Waals surface area contributed by atoms with Crippen molar-refractivity contribution in [2.75, 3.05) is 24.8 Å². The van der Waals surface area contributed by atoms with E-state index in [1.54, 1.807) is 0 Å². The Balaban J connectivity index is 1.91. The van der Waals surface area contributed by atoms with Gasteiger partial charge in [-0.2, -0.15) is 4.98 Å². The molecule has 154 valence electrons. The average Bonchev–Trinajstić information content (AvgIpc) is 3.02. The molecule has 1 aromatic carbocycles. The van der Waals surface area contributed by atoms with Gasteiger partial charge < -0.3 is 14.0 Å². The number of anilines is 1. The molecule has 2 aromatic heterocycles. The lowest BCUT2D eigenvalue weighted by Gasteiger charge is -2.22. The molecule has 0 unspecified atom stereocenters. The van der Waals surface area contributed by atoms with Gasteiger partial charge in [-0.05, 0) is 24.6 Å². The molecule has 29 heavy (non-hydrogen) atoms. The number of para-hydroxylation sites is 1. The van der Waals surface area contributed by atoms with E-state index >= 15 is 0 Å². The molecule has 0 saturated heterocycles. The summed E-state index contributed by atoms with van der Waals surface area (Å²) in [4.78, 5) is 17.0. The molecular formula is C20H23N3O5S. The van der Waals surface area contributed by atoms with E-state index in [9.17, 15) is 13.2 Å². The molecule has 0 fully saturated rings. The van der Waals surface area contributed by atoms with Crippen molar-refractivity contribution in [2.45, 2.75) is 19.9 Å². The summed E-state index contributed by atoms with van der Waals surface area (Å²) in [7, 11) is -1.11. The van der Waals surface area contributed by atoms with Crippen molar-refractivity contribution >= 4 is 32.5 Å². The second kappa shape index (κ2) is 8.12. The van der Waals surface area contributed by atoms with Crippen molar-refractivity contribution in [3.63, 3.8) is 0 Å². The Morgan fingerprint density at radius 1 is 1.14 bits per heavy atom. The summed E-state index contributed by atoms with van der Waals surface area (Å²) in [5.41, 5.74) is 2.13. The molecule has 0 spiro atoms. The Labute approximate surface area is 169 Å². The van der Waals surface area contributed by atoms with Gasteiger partial charge in [0, 0.05) is 36.1 Å². The second-order valence-electron chi connectivity index (χ2n) is 6.58. The fourth-order valence-electron chi connectivity index (χ4n) is 3.27. The first kappa shape index (κ1) is 20.7. The lowest BCUT2D eigenvalue weighted by molar-refractivity contribution is -0.117. The Morgan fingerprint density at radius 3 is 2.52 bits per heavy atom. The summed E-state index contributed by atoms with van der Waals surface area (Å²) in [5.74, 6) is -0.334. The molecule has 0 aliphatic rings. The van der Waals surface area contributed by atoms with Gasteiger partial charge in [0.2, 0.25) is 27.7 Å². The number of rotatable bonds is 7. The number of nitrogens with zero attached hydrogens (tertiary/aromatic N) is 3. The molecular weight excluding hydrogens is 394 g/mol. The van der Waals surface area contributed by atoms with Crippen molar-refractivity contribution < 1.29 is 22.7 Å². The summed E-state index contributed by atoms with van der Waals surface area (Å²) < 4.78 is 37.7. The van der Waals surface area contributed by atoms with Gasteiger partial charge in [0.1, 0.15) is 5.69 Å². The minimum Gasteiger partial charge on any atom is -0.481 e. The maximum atomic E-state index is 12.9. The number of hydrogen-bond acceptors (Lipinski definition) is 6. The van der Waals surface area contributed by atoms with E-state index in [1.807, 2.05) is 42.0 Å². The molecule has 0 atom stereocenters. The SMILES string of the molecule is COc1ccc(N(C(=O)CCn2cc(C)c3ccccc32)S(C)(=O)=O)c(OC)n1. The molecule has 0 aliphatic heterocycles. The highest BCUT2D eigenvalue weighted by molar-refractivity contribution is 7.92. The maximum Gasteiger partial charge on any atom is 0.242 e. The topological polar surface area (TPSA) is 90.7 Å². The average molecular weight is 417 g/mol. The Morgan fingerprint density at radius 2 is 1.86 bits per heavy atom. The van der Waals surface area contributed by atoms with Crippen LogP contribution < -0.4 is 13.8 Å². The molecule has 9 heteroatoms. The van der Waals surface area contributed by atoms with E-state index < -0.39 is 15.9 Å². The quantitative estimate of drug-likeness (QED) is 0.587. The first-order valence-corrected chi connectivity index (χ1v) is 10.8. The molecule has 0 saturated carbocycles. The monoisotopic (exact) mass is 417 g/mol. The Kier molecular flexibility index (Phi) is 5.78. The van der Waals surface area contributed by atoms with Gasteiger partial charge in [-0.3, -0.25) is 4.79 Å². The molecule has 0 aliphatic carbocycles. The van der Waals surface area contributed by atoms with Crippen LogP contribution in [0.4, 0.5) is 5.69 Å². The van der Waals surface area contributed by atoms with Crippen LogP contribution >= 0.6 is 0 Å². The van der Waals surface area contributed by atoms with Crippen LogP contribution in [-0.4, -0.2) is 44.4 Å². The minimum absolute atomic E-state index is 0.00890. The summed E-state index contributed by atoms with van der Waals surface area (Å²) in [6.07, 6.45) is 2.92. The zero-order valence-electron chi connectivity index (χ0n) is 16.7. The first-order chi connectivity index (χ1) is 13.8. The number of fused-ring (bicyclic) bond motifs is 1. The third-order valence-corrected chi connectivity index (χ3v) is 5.61. The predicted molar refractivity (Wildman–Crippen MR) is 111 cm³/mol. The zero-order chi connectivity index (χ0) is 21.2. The molecule has 0 N–H and O–H groups in total. The van der Waals surface area contributed by atoms with Crippen LogP contribution in [0.2, 0.25) is 0 Å². The number of benzene rings is 1. The number of aromatic nitrogens is 2. The first-order valence-electron chi connectivity index (χ1n) is 8.93. The van der Waals surface area contributed by atoms with Gasteiger partial charge in [0.15, 0.2) is 0 Å². The number of ether oxygens (including phenoxy) is 2. The van der Waals surface area contributed by atoms with E-state index in [1.165, 1.54) is 26.4 Å². The van der Waals surface area contributed by atoms with Gasteiger partial charge >= 0.3 is 0 Å². The number of aryl methyl sites for hydroxylation is 2. The summed E-state index contributed by atoms with van der Waals surface area (Å²) in [6.45, 7) is 2.34. The molecule has 1 amide bonds. The van der Waals surface area contributed by atoms with Gasteiger partial charge in [-0.25, -0.2) is 12.7 Å². The Bertz CT molecular complexity index is 1150. The maximum absolute atomic E-state index is 12.9. The summed E-state index contributed by atoms with van der Waals surface area (Å²) >= 11 is 0. The highest BCUT2D eigenvalue weighted by Crippen LogP contribution is 2.31. The number of pyridine rings is 1. The number of carbonyl (C=O) groups is 1. The minimum atomic E-state index is -3.90. The highest BCUT2D eigenvalue weighted by atomic mass is 32.2. The van der Waals surface area contributed by atoms with Crippen LogP contribution in [0.25, 0.3) is 10.9 Å². The number of carbonyl (C=O) groups excluding carboxylic acids is 1. The lowest BCUT2D eigenvalue weighted by Crippen LogP contribution is -2.37. The number of sulfonamides is 1. The van der Waals surface area contributed by atoms with E-state index in [0.29, 0.717) is 6.54 Å². The Hall–Kier alpha value is -3.07. The predicted octanol–water partition coefficient (Wildman–Crippen LogP) is 2.74. The van der Waals surface area contributed by atoms with E-state index in [0.717, 1.165) is 27.0 Å². The van der Waals surface area contributed by atoms with Crippen molar-refractivity contribution in [3.8, 4) is 11.8 Å². The van der Waals surface area contributed by atoms with Crippen molar-refractivity contribution in [1.29, 1.82) is 0 Å². The smallest absolute Gasteiger partial charge is 0.242 e. The normalized spacial score (nSPS) is 11.4. The van der Waals surface area contributed by atoms with Crippen LogP contribution in [0.3, 0.4) is 0 Å². The van der Waals surface area contributed by atoms with Crippen LogP contribution in [0.1, 0.15) is 12.0 Å². The molecule has 0 bridgehead atoms. The zero-order valence-corrected chi connectivity index (χ0v) is 17.6. The van der Waals surface area contributed by atoms with E-state index in [4.69, 9.17) is 9.47 Å². The van der Waals surface area contributed by atoms with E-state index in [2.05, 4.69) is 4.98 Å². The second-order valence-corrected chi connectivity index (χ2v) is 8.41. The van der Waals surface area contributed by atoms with Crippen LogP contribution in [0.15, 0.2) is 42.6 Å². The highest BCUT2D eigenvalue weighted by Gasteiger charge is 2.29. The lowest BCUT2D eigenvalue weighted by atomic mass is 10.2.